The molecule has 3 rings (SSSR count). The summed E-state index contributed by atoms with van der Waals surface area (Å²) in [6.07, 6.45) is 0. The van der Waals surface area contributed by atoms with Crippen LogP contribution in [0.15, 0.2) is 78.9 Å². The standard InChI is InChI=1S/C26H30N2O5/c1-2-30-15-16-33-25-14-7-6-13-24(25)28-26(29)20-27-21-9-8-12-23(19-21)32-18-17-31-22-10-4-3-5-11-22/h3-14,19,27H,2,15-18,20H2,1H3,(H,28,29). The van der Waals surface area contributed by atoms with Crippen LogP contribution in [0.4, 0.5) is 11.4 Å². The Balaban J connectivity index is 1.42. The first-order valence-corrected chi connectivity index (χ1v) is 11.0. The number of nitrogens with one attached hydrogen (secondary N) is 2. The number of para-hydroxylation sites is 3. The second-order valence-electron chi connectivity index (χ2n) is 6.98. The van der Waals surface area contributed by atoms with Crippen molar-refractivity contribution >= 4 is 17.3 Å². The van der Waals surface area contributed by atoms with Gasteiger partial charge in [0.15, 0.2) is 0 Å². The average Bonchev–Trinajstić information content (AvgIpc) is 2.85. The number of ether oxygens (including phenoxy) is 4. The highest BCUT2D eigenvalue weighted by Gasteiger charge is 2.08. The quantitative estimate of drug-likeness (QED) is 0.349. The van der Waals surface area contributed by atoms with Crippen molar-refractivity contribution in [1.82, 2.24) is 0 Å². The van der Waals surface area contributed by atoms with E-state index in [1.165, 1.54) is 0 Å². The van der Waals surface area contributed by atoms with E-state index >= 15 is 0 Å². The lowest BCUT2D eigenvalue weighted by Crippen LogP contribution is -2.22. The Morgan fingerprint density at radius 3 is 2.27 bits per heavy atom. The molecule has 0 bridgehead atoms. The first-order valence-electron chi connectivity index (χ1n) is 11.0. The van der Waals surface area contributed by atoms with E-state index in [0.29, 0.717) is 50.2 Å². The first kappa shape index (κ1) is 23.9. The van der Waals surface area contributed by atoms with Gasteiger partial charge >= 0.3 is 0 Å². The molecule has 0 radical (unpaired) electrons. The van der Waals surface area contributed by atoms with Gasteiger partial charge in [0, 0.05) is 18.4 Å². The second-order valence-corrected chi connectivity index (χ2v) is 6.98. The van der Waals surface area contributed by atoms with Gasteiger partial charge in [0.05, 0.1) is 18.8 Å². The molecule has 0 spiro atoms. The molecular weight excluding hydrogens is 420 g/mol. The third-order valence-electron chi connectivity index (χ3n) is 4.50. The van der Waals surface area contributed by atoms with E-state index in [2.05, 4.69) is 10.6 Å². The molecule has 1 amide bonds. The van der Waals surface area contributed by atoms with E-state index in [0.717, 1.165) is 11.4 Å². The Hall–Kier alpha value is -3.71. The summed E-state index contributed by atoms with van der Waals surface area (Å²) >= 11 is 0. The van der Waals surface area contributed by atoms with Gasteiger partial charge in [-0.25, -0.2) is 0 Å². The van der Waals surface area contributed by atoms with Gasteiger partial charge in [0.2, 0.25) is 5.91 Å². The number of rotatable bonds is 14. The Kier molecular flexibility index (Phi) is 9.90. The maximum absolute atomic E-state index is 12.4. The van der Waals surface area contributed by atoms with Crippen molar-refractivity contribution < 1.29 is 23.7 Å². The fraction of sp³-hybridized carbons (Fsp3) is 0.269. The zero-order chi connectivity index (χ0) is 23.1. The fourth-order valence-corrected chi connectivity index (χ4v) is 2.96. The van der Waals surface area contributed by atoms with Gasteiger partial charge in [-0.1, -0.05) is 36.4 Å². The van der Waals surface area contributed by atoms with Gasteiger partial charge in [0.1, 0.15) is 37.1 Å². The number of hydrogen-bond donors (Lipinski definition) is 2. The van der Waals surface area contributed by atoms with Crippen LogP contribution in [0.25, 0.3) is 0 Å². The van der Waals surface area contributed by atoms with Crippen LogP contribution in [-0.2, 0) is 9.53 Å². The van der Waals surface area contributed by atoms with Crippen molar-refractivity contribution in [2.24, 2.45) is 0 Å². The maximum Gasteiger partial charge on any atom is 0.243 e. The van der Waals surface area contributed by atoms with Gasteiger partial charge in [-0.15, -0.1) is 0 Å². The molecule has 0 aliphatic rings. The van der Waals surface area contributed by atoms with Crippen molar-refractivity contribution in [1.29, 1.82) is 0 Å². The molecule has 0 atom stereocenters. The Morgan fingerprint density at radius 1 is 0.758 bits per heavy atom. The van der Waals surface area contributed by atoms with Gasteiger partial charge in [-0.05, 0) is 43.3 Å². The predicted octanol–water partition coefficient (Wildman–Crippen LogP) is 4.61. The Labute approximate surface area is 194 Å². The minimum Gasteiger partial charge on any atom is -0.490 e. The fourth-order valence-electron chi connectivity index (χ4n) is 2.96. The van der Waals surface area contributed by atoms with Crippen LogP contribution in [0.2, 0.25) is 0 Å². The normalized spacial score (nSPS) is 10.3. The molecule has 0 saturated heterocycles. The molecule has 3 aromatic rings. The van der Waals surface area contributed by atoms with E-state index in [4.69, 9.17) is 18.9 Å². The average molecular weight is 451 g/mol. The summed E-state index contributed by atoms with van der Waals surface area (Å²) in [5.74, 6) is 1.94. The third kappa shape index (κ3) is 8.74. The minimum atomic E-state index is -0.182. The number of benzene rings is 3. The van der Waals surface area contributed by atoms with Gasteiger partial charge in [-0.3, -0.25) is 4.79 Å². The van der Waals surface area contributed by atoms with Crippen molar-refractivity contribution in [2.75, 3.05) is 50.2 Å². The molecule has 0 aliphatic carbocycles. The third-order valence-corrected chi connectivity index (χ3v) is 4.50. The molecule has 174 valence electrons. The predicted molar refractivity (Wildman–Crippen MR) is 129 cm³/mol. The Morgan fingerprint density at radius 2 is 1.45 bits per heavy atom. The summed E-state index contributed by atoms with van der Waals surface area (Å²) < 4.78 is 22.4. The largest absolute Gasteiger partial charge is 0.490 e. The molecule has 0 aliphatic heterocycles. The zero-order valence-electron chi connectivity index (χ0n) is 18.8. The number of hydrogen-bond acceptors (Lipinski definition) is 6. The smallest absolute Gasteiger partial charge is 0.243 e. The first-order chi connectivity index (χ1) is 16.2. The van der Waals surface area contributed by atoms with Crippen LogP contribution in [0.1, 0.15) is 6.92 Å². The molecule has 7 nitrogen and oxygen atoms in total. The molecule has 2 N–H and O–H groups in total. The number of carbonyl (C=O) groups excluding carboxylic acids is 1. The molecule has 0 saturated carbocycles. The molecule has 7 heteroatoms. The molecule has 0 heterocycles. The van der Waals surface area contributed by atoms with Gasteiger partial charge in [-0.2, -0.15) is 0 Å². The van der Waals surface area contributed by atoms with E-state index in [1.807, 2.05) is 79.7 Å². The highest BCUT2D eigenvalue weighted by molar-refractivity contribution is 5.95. The van der Waals surface area contributed by atoms with E-state index in [-0.39, 0.29) is 12.5 Å². The molecule has 33 heavy (non-hydrogen) atoms. The monoisotopic (exact) mass is 450 g/mol. The van der Waals surface area contributed by atoms with Crippen LogP contribution in [0, 0.1) is 0 Å². The van der Waals surface area contributed by atoms with Crippen molar-refractivity contribution in [3.8, 4) is 17.2 Å². The van der Waals surface area contributed by atoms with Crippen LogP contribution in [0.5, 0.6) is 17.2 Å². The lowest BCUT2D eigenvalue weighted by Gasteiger charge is -2.13. The number of anilines is 2. The maximum atomic E-state index is 12.4. The molecular formula is C26H30N2O5. The van der Waals surface area contributed by atoms with Crippen molar-refractivity contribution in [3.63, 3.8) is 0 Å². The summed E-state index contributed by atoms with van der Waals surface area (Å²) in [4.78, 5) is 12.4. The van der Waals surface area contributed by atoms with E-state index in [1.54, 1.807) is 6.07 Å². The summed E-state index contributed by atoms with van der Waals surface area (Å²) in [6, 6.07) is 24.4. The summed E-state index contributed by atoms with van der Waals surface area (Å²) in [5.41, 5.74) is 1.41. The zero-order valence-corrected chi connectivity index (χ0v) is 18.8. The van der Waals surface area contributed by atoms with Crippen LogP contribution >= 0.6 is 0 Å². The SMILES string of the molecule is CCOCCOc1ccccc1NC(=O)CNc1cccc(OCCOc2ccccc2)c1. The molecule has 3 aromatic carbocycles. The van der Waals surface area contributed by atoms with Crippen LogP contribution in [0.3, 0.4) is 0 Å². The highest BCUT2D eigenvalue weighted by Crippen LogP contribution is 2.24. The van der Waals surface area contributed by atoms with Crippen LogP contribution < -0.4 is 24.8 Å². The van der Waals surface area contributed by atoms with Crippen molar-refractivity contribution in [3.05, 3.63) is 78.9 Å². The minimum absolute atomic E-state index is 0.105. The number of carbonyl (C=O) groups is 1. The van der Waals surface area contributed by atoms with E-state index < -0.39 is 0 Å². The summed E-state index contributed by atoms with van der Waals surface area (Å²) in [6.45, 7) is 4.45. The second kappa shape index (κ2) is 13.6. The summed E-state index contributed by atoms with van der Waals surface area (Å²) in [5, 5.41) is 6.00. The number of amides is 1. The van der Waals surface area contributed by atoms with Crippen molar-refractivity contribution in [2.45, 2.75) is 6.92 Å². The Bertz CT molecular complexity index is 981. The highest BCUT2D eigenvalue weighted by atomic mass is 16.5. The lowest BCUT2D eigenvalue weighted by molar-refractivity contribution is -0.114. The molecule has 0 aromatic heterocycles. The topological polar surface area (TPSA) is 78.1 Å². The molecule has 0 fully saturated rings. The van der Waals surface area contributed by atoms with Gasteiger partial charge in [0.25, 0.3) is 0 Å². The van der Waals surface area contributed by atoms with E-state index in [9.17, 15) is 4.79 Å². The van der Waals surface area contributed by atoms with Gasteiger partial charge < -0.3 is 29.6 Å². The summed E-state index contributed by atoms with van der Waals surface area (Å²) in [7, 11) is 0. The molecule has 0 unspecified atom stereocenters. The van der Waals surface area contributed by atoms with Crippen LogP contribution in [-0.4, -0.2) is 45.5 Å². The lowest BCUT2D eigenvalue weighted by atomic mass is 10.3.